The summed E-state index contributed by atoms with van der Waals surface area (Å²) in [7, 11) is 1.63. The van der Waals surface area contributed by atoms with Gasteiger partial charge in [-0.3, -0.25) is 0 Å². The van der Waals surface area contributed by atoms with Gasteiger partial charge >= 0.3 is 0 Å². The molecule has 0 bridgehead atoms. The maximum Gasteiger partial charge on any atom is 0.135 e. The Kier molecular flexibility index (Phi) is 5.03. The lowest BCUT2D eigenvalue weighted by atomic mass is 9.60. The van der Waals surface area contributed by atoms with Gasteiger partial charge in [0.15, 0.2) is 0 Å². The van der Waals surface area contributed by atoms with E-state index in [1.807, 2.05) is 12.1 Å². The van der Waals surface area contributed by atoms with Gasteiger partial charge in [0.2, 0.25) is 0 Å². The van der Waals surface area contributed by atoms with Crippen molar-refractivity contribution in [3.8, 4) is 11.5 Å². The number of rotatable bonds is 5. The number of methoxy groups -OCH3 is 1. The summed E-state index contributed by atoms with van der Waals surface area (Å²) < 4.78 is 13.1. The van der Waals surface area contributed by atoms with E-state index in [9.17, 15) is 5.11 Å². The summed E-state index contributed by atoms with van der Waals surface area (Å²) in [5.74, 6) is 1.54. The predicted octanol–water partition coefficient (Wildman–Crippen LogP) is 4.54. The molecule has 0 aromatic heterocycles. The largest absolute Gasteiger partial charge is 0.496 e. The fourth-order valence-electron chi connectivity index (χ4n) is 2.98. The second-order valence-corrected chi connectivity index (χ2v) is 6.92. The van der Waals surface area contributed by atoms with Gasteiger partial charge in [-0.1, -0.05) is 13.8 Å². The van der Waals surface area contributed by atoms with Crippen molar-refractivity contribution in [3.63, 3.8) is 0 Å². The molecule has 0 radical (unpaired) electrons. The highest BCUT2D eigenvalue weighted by atomic mass is 79.9. The molecule has 1 aromatic rings. The van der Waals surface area contributed by atoms with E-state index < -0.39 is 0 Å². The maximum atomic E-state index is 10.1. The molecule has 1 aromatic carbocycles. The van der Waals surface area contributed by atoms with Crippen LogP contribution in [0.3, 0.4) is 0 Å². The second-order valence-electron chi connectivity index (χ2n) is 5.22. The Morgan fingerprint density at radius 1 is 1.20 bits per heavy atom. The third-order valence-corrected chi connectivity index (χ3v) is 5.77. The lowest BCUT2D eigenvalue weighted by molar-refractivity contribution is -0.159. The van der Waals surface area contributed by atoms with Crippen LogP contribution in [-0.2, 0) is 0 Å². The topological polar surface area (TPSA) is 38.7 Å². The van der Waals surface area contributed by atoms with Gasteiger partial charge in [0.25, 0.3) is 0 Å². The summed E-state index contributed by atoms with van der Waals surface area (Å²) in [4.78, 5) is 0. The summed E-state index contributed by atoms with van der Waals surface area (Å²) in [5.41, 5.74) is -0.119. The minimum atomic E-state index is -0.261. The molecule has 5 heteroatoms. The zero-order valence-corrected chi connectivity index (χ0v) is 15.1. The van der Waals surface area contributed by atoms with Crippen LogP contribution in [-0.4, -0.2) is 24.4 Å². The Balaban J connectivity index is 2.21. The first-order valence-electron chi connectivity index (χ1n) is 6.86. The molecule has 0 spiro atoms. The minimum Gasteiger partial charge on any atom is -0.496 e. The molecule has 1 aliphatic carbocycles. The van der Waals surface area contributed by atoms with E-state index in [-0.39, 0.29) is 17.6 Å². The Labute approximate surface area is 136 Å². The van der Waals surface area contributed by atoms with Crippen molar-refractivity contribution in [2.75, 3.05) is 7.11 Å². The first kappa shape index (κ1) is 16.1. The lowest BCUT2D eigenvalue weighted by Crippen LogP contribution is -2.59. The van der Waals surface area contributed by atoms with E-state index >= 15 is 0 Å². The predicted molar refractivity (Wildman–Crippen MR) is 86.4 cm³/mol. The van der Waals surface area contributed by atoms with Gasteiger partial charge in [-0.05, 0) is 56.8 Å². The van der Waals surface area contributed by atoms with Crippen molar-refractivity contribution in [2.24, 2.45) is 5.41 Å². The molecule has 2 rings (SSSR count). The summed E-state index contributed by atoms with van der Waals surface area (Å²) >= 11 is 6.98. The normalized spacial score (nSPS) is 24.1. The van der Waals surface area contributed by atoms with Crippen molar-refractivity contribution in [2.45, 2.75) is 45.3 Å². The standard InChI is InChI=1S/C15H20Br2O3/c1-4-15(5-2)13(18)8-14(15)20-12-7-9(16)11(19-3)6-10(12)17/h6-7,13-14,18H,4-5,8H2,1-3H3. The zero-order valence-electron chi connectivity index (χ0n) is 12.0. The van der Waals surface area contributed by atoms with E-state index in [2.05, 4.69) is 45.7 Å². The number of halogens is 2. The maximum absolute atomic E-state index is 10.1. The smallest absolute Gasteiger partial charge is 0.135 e. The van der Waals surface area contributed by atoms with Gasteiger partial charge in [-0.2, -0.15) is 0 Å². The van der Waals surface area contributed by atoms with Crippen LogP contribution in [0.4, 0.5) is 0 Å². The number of benzene rings is 1. The molecule has 1 N–H and O–H groups in total. The third-order valence-electron chi connectivity index (χ3n) is 4.53. The van der Waals surface area contributed by atoms with E-state index in [0.717, 1.165) is 33.3 Å². The zero-order chi connectivity index (χ0) is 14.9. The van der Waals surface area contributed by atoms with Crippen LogP contribution < -0.4 is 9.47 Å². The highest BCUT2D eigenvalue weighted by molar-refractivity contribution is 9.11. The van der Waals surface area contributed by atoms with Crippen LogP contribution in [0.25, 0.3) is 0 Å². The summed E-state index contributed by atoms with van der Waals surface area (Å²) in [6, 6.07) is 3.79. The summed E-state index contributed by atoms with van der Waals surface area (Å²) in [6.45, 7) is 4.22. The lowest BCUT2D eigenvalue weighted by Gasteiger charge is -2.52. The van der Waals surface area contributed by atoms with Crippen molar-refractivity contribution >= 4 is 31.9 Å². The SMILES string of the molecule is CCC1(CC)C(O)CC1Oc1cc(Br)c(OC)cc1Br. The van der Waals surface area contributed by atoms with Crippen LogP contribution in [0.5, 0.6) is 11.5 Å². The molecule has 0 heterocycles. The first-order chi connectivity index (χ1) is 9.48. The van der Waals surface area contributed by atoms with Gasteiger partial charge in [-0.25, -0.2) is 0 Å². The van der Waals surface area contributed by atoms with Crippen LogP contribution in [0, 0.1) is 5.41 Å². The highest BCUT2D eigenvalue weighted by Gasteiger charge is 2.53. The molecule has 1 aliphatic rings. The minimum absolute atomic E-state index is 0.0593. The van der Waals surface area contributed by atoms with Crippen molar-refractivity contribution < 1.29 is 14.6 Å². The number of hydrogen-bond donors (Lipinski definition) is 1. The summed E-state index contributed by atoms with van der Waals surface area (Å²) in [5, 5.41) is 10.1. The molecule has 1 fully saturated rings. The molecule has 3 nitrogen and oxygen atoms in total. The number of hydrogen-bond acceptors (Lipinski definition) is 3. The van der Waals surface area contributed by atoms with Gasteiger partial charge in [0.05, 0.1) is 22.2 Å². The molecule has 0 amide bonds. The van der Waals surface area contributed by atoms with Crippen LogP contribution >= 0.6 is 31.9 Å². The van der Waals surface area contributed by atoms with Crippen molar-refractivity contribution in [1.82, 2.24) is 0 Å². The molecule has 112 valence electrons. The van der Waals surface area contributed by atoms with Crippen molar-refractivity contribution in [1.29, 1.82) is 0 Å². The number of ether oxygens (including phenoxy) is 2. The number of aliphatic hydroxyl groups excluding tert-OH is 1. The first-order valence-corrected chi connectivity index (χ1v) is 8.44. The molecule has 2 unspecified atom stereocenters. The van der Waals surface area contributed by atoms with E-state index in [1.165, 1.54) is 0 Å². The molecule has 20 heavy (non-hydrogen) atoms. The quantitative estimate of drug-likeness (QED) is 0.778. The Morgan fingerprint density at radius 3 is 2.25 bits per heavy atom. The molecule has 2 atom stereocenters. The highest BCUT2D eigenvalue weighted by Crippen LogP contribution is 2.50. The van der Waals surface area contributed by atoms with E-state index in [0.29, 0.717) is 6.42 Å². The van der Waals surface area contributed by atoms with E-state index in [1.54, 1.807) is 7.11 Å². The average molecular weight is 408 g/mol. The fraction of sp³-hybridized carbons (Fsp3) is 0.600. The second kappa shape index (κ2) is 6.24. The number of aliphatic hydroxyl groups is 1. The molecular weight excluding hydrogens is 388 g/mol. The molecule has 0 aliphatic heterocycles. The molecule has 0 saturated heterocycles. The summed E-state index contributed by atoms with van der Waals surface area (Å²) in [6.07, 6.45) is 2.33. The van der Waals surface area contributed by atoms with Gasteiger partial charge in [-0.15, -0.1) is 0 Å². The van der Waals surface area contributed by atoms with Gasteiger partial charge < -0.3 is 14.6 Å². The van der Waals surface area contributed by atoms with Gasteiger partial charge in [0.1, 0.15) is 17.6 Å². The van der Waals surface area contributed by atoms with Crippen LogP contribution in [0.15, 0.2) is 21.1 Å². The Morgan fingerprint density at radius 2 is 1.75 bits per heavy atom. The van der Waals surface area contributed by atoms with Crippen LogP contribution in [0.1, 0.15) is 33.1 Å². The monoisotopic (exact) mass is 406 g/mol. The average Bonchev–Trinajstić information content (AvgIpc) is 2.43. The van der Waals surface area contributed by atoms with Crippen molar-refractivity contribution in [3.05, 3.63) is 21.1 Å². The fourth-order valence-corrected chi connectivity index (χ4v) is 3.88. The molecule has 1 saturated carbocycles. The van der Waals surface area contributed by atoms with Gasteiger partial charge in [0, 0.05) is 11.8 Å². The Bertz CT molecular complexity index is 486. The third kappa shape index (κ3) is 2.60. The van der Waals surface area contributed by atoms with Crippen LogP contribution in [0.2, 0.25) is 0 Å². The van der Waals surface area contributed by atoms with E-state index in [4.69, 9.17) is 9.47 Å². The Hall–Kier alpha value is -0.260. The molecular formula is C15H20Br2O3.